The Labute approximate surface area is 144 Å². The molecule has 0 spiro atoms. The Morgan fingerprint density at radius 1 is 1.13 bits per heavy atom. The molecular weight excluding hydrogens is 349 g/mol. The summed E-state index contributed by atoms with van der Waals surface area (Å²) in [6, 6.07) is 8.49. The molecule has 1 aliphatic rings. The second-order valence-electron chi connectivity index (χ2n) is 6.06. The molecule has 3 rings (SSSR count). The number of hydrogen-bond donors (Lipinski definition) is 1. The van der Waals surface area contributed by atoms with Crippen molar-refractivity contribution in [2.24, 2.45) is 0 Å². The Morgan fingerprint density at radius 3 is 2.91 bits per heavy atom. The molecule has 1 heterocycles. The standard InChI is InChI=1S/C19H23N3Se/c20-14-23-13-7-1-6-12-21-19-15-8-2-4-10-17(15)22-18-11-5-3-9-16(18)19/h2,4,8,10H,1,3,5-7,9,11-13H2,(H,21,22). The van der Waals surface area contributed by atoms with Crippen LogP contribution in [0.3, 0.4) is 0 Å². The van der Waals surface area contributed by atoms with Gasteiger partial charge in [-0.15, -0.1) is 0 Å². The van der Waals surface area contributed by atoms with Crippen LogP contribution in [0.25, 0.3) is 10.9 Å². The van der Waals surface area contributed by atoms with Crippen LogP contribution in [0.2, 0.25) is 5.32 Å². The number of rotatable bonds is 7. The van der Waals surface area contributed by atoms with Gasteiger partial charge in [0.05, 0.1) is 0 Å². The van der Waals surface area contributed by atoms with Gasteiger partial charge in [-0.25, -0.2) is 0 Å². The number of anilines is 1. The van der Waals surface area contributed by atoms with Crippen molar-refractivity contribution in [3.8, 4) is 4.97 Å². The van der Waals surface area contributed by atoms with Crippen molar-refractivity contribution in [2.45, 2.75) is 50.3 Å². The minimum absolute atomic E-state index is 0.188. The van der Waals surface area contributed by atoms with E-state index in [1.165, 1.54) is 54.4 Å². The van der Waals surface area contributed by atoms with Gasteiger partial charge >= 0.3 is 144 Å². The first-order valence-electron chi connectivity index (χ1n) is 8.55. The number of benzene rings is 1. The maximum absolute atomic E-state index is 8.59. The molecule has 2 aromatic rings. The van der Waals surface area contributed by atoms with Gasteiger partial charge < -0.3 is 0 Å². The van der Waals surface area contributed by atoms with E-state index in [1.54, 1.807) is 0 Å². The van der Waals surface area contributed by atoms with E-state index in [9.17, 15) is 0 Å². The summed E-state index contributed by atoms with van der Waals surface area (Å²) >= 11 is 0.188. The van der Waals surface area contributed by atoms with Gasteiger partial charge in [-0.2, -0.15) is 0 Å². The van der Waals surface area contributed by atoms with E-state index >= 15 is 0 Å². The van der Waals surface area contributed by atoms with Gasteiger partial charge in [-0.1, -0.05) is 0 Å². The molecule has 0 radical (unpaired) electrons. The molecule has 0 bridgehead atoms. The zero-order valence-electron chi connectivity index (χ0n) is 13.5. The molecule has 0 atom stereocenters. The summed E-state index contributed by atoms with van der Waals surface area (Å²) in [5.74, 6) is 0. The predicted molar refractivity (Wildman–Crippen MR) is 96.9 cm³/mol. The van der Waals surface area contributed by atoms with Crippen LogP contribution < -0.4 is 5.32 Å². The fraction of sp³-hybridized carbons (Fsp3) is 0.474. The molecule has 1 aromatic heterocycles. The molecule has 0 fully saturated rings. The third-order valence-corrected chi connectivity index (χ3v) is 5.76. The Hall–Kier alpha value is -1.56. The van der Waals surface area contributed by atoms with E-state index in [0.717, 1.165) is 30.2 Å². The first kappa shape index (κ1) is 16.3. The minimum atomic E-state index is 0.188. The van der Waals surface area contributed by atoms with Crippen LogP contribution in [-0.2, 0) is 12.8 Å². The summed E-state index contributed by atoms with van der Waals surface area (Å²) < 4.78 is 0. The molecule has 3 nitrogen and oxygen atoms in total. The molecule has 1 aliphatic carbocycles. The second-order valence-corrected chi connectivity index (χ2v) is 7.91. The number of hydrogen-bond acceptors (Lipinski definition) is 3. The number of aromatic nitrogens is 1. The SMILES string of the molecule is N#C[Se]CCCCCNc1c2c(nc3ccccc13)CCCC2. The Kier molecular flexibility index (Phi) is 5.91. The van der Waals surface area contributed by atoms with E-state index in [1.807, 2.05) is 0 Å². The van der Waals surface area contributed by atoms with Crippen molar-refractivity contribution in [1.29, 1.82) is 5.26 Å². The van der Waals surface area contributed by atoms with Gasteiger partial charge in [0.2, 0.25) is 0 Å². The van der Waals surface area contributed by atoms with Crippen LogP contribution in [0.1, 0.15) is 43.4 Å². The molecule has 0 aliphatic heterocycles. The molecular formula is C19H23N3Se. The first-order chi connectivity index (χ1) is 11.4. The van der Waals surface area contributed by atoms with Gasteiger partial charge in [-0.3, -0.25) is 0 Å². The Balaban J connectivity index is 1.70. The van der Waals surface area contributed by atoms with E-state index < -0.39 is 0 Å². The van der Waals surface area contributed by atoms with Crippen LogP contribution in [0.5, 0.6) is 0 Å². The van der Waals surface area contributed by atoms with Gasteiger partial charge in [-0.05, 0) is 0 Å². The van der Waals surface area contributed by atoms with Crippen molar-refractivity contribution in [3.05, 3.63) is 35.5 Å². The summed E-state index contributed by atoms with van der Waals surface area (Å²) in [5.41, 5.74) is 5.19. The summed E-state index contributed by atoms with van der Waals surface area (Å²) in [7, 11) is 0. The number of nitriles is 1. The van der Waals surface area contributed by atoms with Crippen LogP contribution in [0, 0.1) is 10.2 Å². The normalized spacial score (nSPS) is 13.5. The number of pyridine rings is 1. The van der Waals surface area contributed by atoms with Gasteiger partial charge in [0, 0.05) is 0 Å². The molecule has 23 heavy (non-hydrogen) atoms. The average Bonchev–Trinajstić information content (AvgIpc) is 2.60. The third kappa shape index (κ3) is 4.05. The van der Waals surface area contributed by atoms with Crippen molar-refractivity contribution in [2.75, 3.05) is 11.9 Å². The van der Waals surface area contributed by atoms with Crippen LogP contribution >= 0.6 is 0 Å². The zero-order chi connectivity index (χ0) is 15.9. The Morgan fingerprint density at radius 2 is 2.00 bits per heavy atom. The fourth-order valence-corrected chi connectivity index (χ4v) is 4.23. The predicted octanol–water partition coefficient (Wildman–Crippen LogP) is 4.30. The third-order valence-electron chi connectivity index (χ3n) is 4.46. The molecule has 0 unspecified atom stereocenters. The number of aryl methyl sites for hydroxylation is 1. The first-order valence-corrected chi connectivity index (χ1v) is 10.6. The quantitative estimate of drug-likeness (QED) is 0.582. The van der Waals surface area contributed by atoms with Gasteiger partial charge in [0.1, 0.15) is 0 Å². The molecule has 120 valence electrons. The Bertz CT molecular complexity index is 706. The molecule has 1 aromatic carbocycles. The molecule has 0 saturated heterocycles. The molecule has 0 amide bonds. The molecule has 1 N–H and O–H groups in total. The van der Waals surface area contributed by atoms with E-state index in [4.69, 9.17) is 10.2 Å². The van der Waals surface area contributed by atoms with E-state index in [-0.39, 0.29) is 15.0 Å². The van der Waals surface area contributed by atoms with Crippen molar-refractivity contribution >= 4 is 31.5 Å². The van der Waals surface area contributed by atoms with Gasteiger partial charge in [0.25, 0.3) is 0 Å². The second kappa shape index (κ2) is 8.34. The monoisotopic (exact) mass is 373 g/mol. The van der Waals surface area contributed by atoms with Crippen LogP contribution in [-0.4, -0.2) is 26.5 Å². The number of para-hydroxylation sites is 1. The van der Waals surface area contributed by atoms with Gasteiger partial charge in [0.15, 0.2) is 0 Å². The summed E-state index contributed by atoms with van der Waals surface area (Å²) in [6.45, 7) is 1.01. The summed E-state index contributed by atoms with van der Waals surface area (Å²) in [5, 5.41) is 14.7. The van der Waals surface area contributed by atoms with Crippen LogP contribution in [0.15, 0.2) is 24.3 Å². The average molecular weight is 372 g/mol. The number of unbranched alkanes of at least 4 members (excludes halogenated alkanes) is 2. The van der Waals surface area contributed by atoms with E-state index in [2.05, 4.69) is 34.5 Å². The topological polar surface area (TPSA) is 48.7 Å². The molecule has 0 saturated carbocycles. The number of nitrogens with zero attached hydrogens (tertiary/aromatic N) is 2. The summed E-state index contributed by atoms with van der Waals surface area (Å²) in [4.78, 5) is 7.16. The van der Waals surface area contributed by atoms with Crippen molar-refractivity contribution in [1.82, 2.24) is 4.98 Å². The molecule has 4 heteroatoms. The fourth-order valence-electron chi connectivity index (χ4n) is 3.31. The van der Waals surface area contributed by atoms with Crippen LogP contribution in [0.4, 0.5) is 5.69 Å². The number of fused-ring (bicyclic) bond motifs is 2. The van der Waals surface area contributed by atoms with E-state index in [0.29, 0.717) is 0 Å². The summed E-state index contributed by atoms with van der Waals surface area (Å²) in [6.07, 6.45) is 8.38. The van der Waals surface area contributed by atoms with Crippen molar-refractivity contribution in [3.63, 3.8) is 0 Å². The zero-order valence-corrected chi connectivity index (χ0v) is 15.2. The number of nitrogens with one attached hydrogen (secondary N) is 1. The maximum atomic E-state index is 8.59. The van der Waals surface area contributed by atoms with Crippen molar-refractivity contribution < 1.29 is 0 Å².